The van der Waals surface area contributed by atoms with Gasteiger partial charge >= 0.3 is 5.97 Å². The van der Waals surface area contributed by atoms with Gasteiger partial charge in [0.1, 0.15) is 23.3 Å². The van der Waals surface area contributed by atoms with Gasteiger partial charge in [-0.1, -0.05) is 23.5 Å². The first-order valence-corrected chi connectivity index (χ1v) is 13.4. The zero-order chi connectivity index (χ0) is 25.4. The number of non-ortho nitro benzene ring substituents is 1. The van der Waals surface area contributed by atoms with Gasteiger partial charge in [0.2, 0.25) is 5.91 Å². The third-order valence-corrected chi connectivity index (χ3v) is 9.37. The van der Waals surface area contributed by atoms with Crippen LogP contribution in [-0.2, 0) is 20.9 Å². The summed E-state index contributed by atoms with van der Waals surface area (Å²) >= 11 is 4.18. The molecule has 3 aromatic rings. The number of H-pyrrole nitrogens is 1. The number of ether oxygens (including phenoxy) is 1. The predicted molar refractivity (Wildman–Crippen MR) is 133 cm³/mol. The maximum absolute atomic E-state index is 13.1. The van der Waals surface area contributed by atoms with Gasteiger partial charge in [0.05, 0.1) is 37.9 Å². The molecule has 1 amide bonds. The lowest BCUT2D eigenvalue weighted by Crippen LogP contribution is -2.60. The number of fused-ring (bicyclic) bond motifs is 2. The van der Waals surface area contributed by atoms with Crippen LogP contribution >= 0.6 is 35.3 Å². The Bertz CT molecular complexity index is 1380. The van der Waals surface area contributed by atoms with Crippen LogP contribution in [0.15, 0.2) is 51.7 Å². The lowest BCUT2D eigenvalue weighted by Gasteiger charge is -2.43. The number of aromatic nitrogens is 4. The van der Waals surface area contributed by atoms with Crippen molar-refractivity contribution in [1.82, 2.24) is 25.1 Å². The second-order valence-corrected chi connectivity index (χ2v) is 11.5. The number of aliphatic hydroxyl groups is 1. The molecule has 1 fully saturated rings. The molecular weight excluding hydrogens is 528 g/mol. The normalized spacial score (nSPS) is 19.8. The van der Waals surface area contributed by atoms with Gasteiger partial charge in [-0.15, -0.1) is 11.8 Å². The Morgan fingerprint density at radius 1 is 1.33 bits per heavy atom. The fourth-order valence-corrected chi connectivity index (χ4v) is 7.94. The van der Waals surface area contributed by atoms with Crippen molar-refractivity contribution >= 4 is 63.9 Å². The molecule has 2 aliphatic rings. The number of amides is 1. The van der Waals surface area contributed by atoms with E-state index in [1.807, 2.05) is 0 Å². The molecule has 0 aliphatic carbocycles. The maximum atomic E-state index is 13.1. The second kappa shape index (κ2) is 10.1. The van der Waals surface area contributed by atoms with E-state index in [0.29, 0.717) is 20.5 Å². The largest absolute Gasteiger partial charge is 0.456 e. The summed E-state index contributed by atoms with van der Waals surface area (Å²) in [6, 6.07) is 5.68. The van der Waals surface area contributed by atoms with Gasteiger partial charge in [-0.3, -0.25) is 24.9 Å². The summed E-state index contributed by atoms with van der Waals surface area (Å²) in [6.45, 7) is 1.45. The number of aromatic amines is 1. The Morgan fingerprint density at radius 3 is 2.83 bits per heavy atom. The summed E-state index contributed by atoms with van der Waals surface area (Å²) < 4.78 is 6.08. The number of β-lactam (4-membered cyclic amide) rings is 1. The number of nitrogens with one attached hydrogen (secondary N) is 1. The Balaban J connectivity index is 1.31. The van der Waals surface area contributed by atoms with Crippen LogP contribution < -0.4 is 0 Å². The fourth-order valence-electron chi connectivity index (χ4n) is 3.77. The van der Waals surface area contributed by atoms with Gasteiger partial charge in [-0.05, 0) is 24.6 Å². The topological polar surface area (TPSA) is 164 Å². The number of nitrogens with zero attached hydrogens (tertiary/aromatic N) is 5. The number of benzene rings is 1. The van der Waals surface area contributed by atoms with Gasteiger partial charge in [0.25, 0.3) is 5.69 Å². The number of thioether (sulfide) groups is 3. The molecule has 2 aromatic heterocycles. The van der Waals surface area contributed by atoms with E-state index in [-0.39, 0.29) is 29.3 Å². The molecule has 2 aliphatic heterocycles. The highest BCUT2D eigenvalue weighted by atomic mass is 32.2. The zero-order valence-corrected chi connectivity index (χ0v) is 21.0. The summed E-state index contributed by atoms with van der Waals surface area (Å²) in [4.78, 5) is 45.9. The highest BCUT2D eigenvalue weighted by Gasteiger charge is 2.58. The molecule has 5 rings (SSSR count). The zero-order valence-electron chi connectivity index (χ0n) is 18.6. The Hall–Kier alpha value is -3.14. The number of nitro groups is 1. The number of hydrogen-bond acceptors (Lipinski definition) is 12. The fraction of sp³-hybridized carbons (Fsp3) is 0.286. The monoisotopic (exact) mass is 546 g/mol. The molecule has 0 saturated carbocycles. The van der Waals surface area contributed by atoms with Gasteiger partial charge < -0.3 is 9.84 Å². The summed E-state index contributed by atoms with van der Waals surface area (Å²) in [5.41, 5.74) is 1.28. The smallest absolute Gasteiger partial charge is 0.357 e. The molecule has 36 heavy (non-hydrogen) atoms. The van der Waals surface area contributed by atoms with Crippen LogP contribution in [0.4, 0.5) is 5.69 Å². The van der Waals surface area contributed by atoms with Gasteiger partial charge in [-0.2, -0.15) is 5.10 Å². The van der Waals surface area contributed by atoms with Crippen molar-refractivity contribution in [1.29, 1.82) is 0 Å². The van der Waals surface area contributed by atoms with Crippen LogP contribution in [0.25, 0.3) is 11.0 Å². The van der Waals surface area contributed by atoms with Crippen molar-refractivity contribution in [2.45, 2.75) is 30.0 Å². The average Bonchev–Trinajstić information content (AvgIpc) is 3.46. The molecule has 12 nitrogen and oxygen atoms in total. The molecule has 1 saturated heterocycles. The van der Waals surface area contributed by atoms with Gasteiger partial charge in [-0.25, -0.2) is 14.8 Å². The quantitative estimate of drug-likeness (QED) is 0.0768. The predicted octanol–water partition coefficient (Wildman–Crippen LogP) is 2.87. The summed E-state index contributed by atoms with van der Waals surface area (Å²) in [5, 5.41) is 29.3. The number of carbonyl (C=O) groups excluding carboxylic acids is 2. The highest BCUT2D eigenvalue weighted by molar-refractivity contribution is 8.27. The number of esters is 1. The van der Waals surface area contributed by atoms with E-state index in [2.05, 4.69) is 20.2 Å². The summed E-state index contributed by atoms with van der Waals surface area (Å²) in [6.07, 6.45) is 2.23. The van der Waals surface area contributed by atoms with Crippen molar-refractivity contribution in [2.24, 2.45) is 5.92 Å². The van der Waals surface area contributed by atoms with E-state index in [0.717, 1.165) is 10.4 Å². The van der Waals surface area contributed by atoms with Crippen LogP contribution in [0.1, 0.15) is 12.5 Å². The number of rotatable bonds is 9. The van der Waals surface area contributed by atoms with Gasteiger partial charge in [0, 0.05) is 12.1 Å². The van der Waals surface area contributed by atoms with E-state index in [9.17, 15) is 24.8 Å². The molecule has 0 radical (unpaired) electrons. The highest BCUT2D eigenvalue weighted by Crippen LogP contribution is 2.54. The minimum atomic E-state index is -0.849. The first-order valence-electron chi connectivity index (χ1n) is 10.6. The van der Waals surface area contributed by atoms with Crippen LogP contribution in [-0.4, -0.2) is 63.5 Å². The molecule has 2 N–H and O–H groups in total. The molecule has 0 bridgehead atoms. The molecule has 1 aromatic carbocycles. The van der Waals surface area contributed by atoms with E-state index >= 15 is 0 Å². The third kappa shape index (κ3) is 4.54. The molecule has 186 valence electrons. The standard InChI is InChI=1S/C21H18N6O6S3/c1-10(28)14-18(29)26-15(20(30)33-7-11-2-4-12(5-3-11)27(31)32)21(36-19(14)26)35-9-34-17-13-6-24-25-16(13)22-8-23-17/h2-6,8,10,14,19,28H,7,9H2,1H3,(H,22,23,24,25)/t10-,14+,19-/m1/s1. The SMILES string of the molecule is C[C@@H](O)[C@H]1C(=O)N2C(C(=O)OCc3ccc([N+](=O)[O-])cc3)=C(SCSc3ncnc4[nH]ncc34)S[C@H]12. The van der Waals surface area contributed by atoms with Gasteiger partial charge in [0.15, 0.2) is 11.3 Å². The molecule has 15 heteroatoms. The second-order valence-electron chi connectivity index (χ2n) is 7.84. The number of nitro benzene ring substituents is 1. The average molecular weight is 547 g/mol. The number of hydrogen-bond donors (Lipinski definition) is 2. The van der Waals surface area contributed by atoms with Crippen LogP contribution in [0.3, 0.4) is 0 Å². The van der Waals surface area contributed by atoms with E-state index < -0.39 is 22.9 Å². The molecule has 0 unspecified atom stereocenters. The molecule has 4 heterocycles. The molecular formula is C21H18N6O6S3. The van der Waals surface area contributed by atoms with E-state index in [4.69, 9.17) is 4.74 Å². The summed E-state index contributed by atoms with van der Waals surface area (Å²) in [5.74, 6) is -1.61. The lowest BCUT2D eigenvalue weighted by atomic mass is 9.92. The maximum Gasteiger partial charge on any atom is 0.357 e. The van der Waals surface area contributed by atoms with Crippen molar-refractivity contribution in [3.05, 3.63) is 62.4 Å². The van der Waals surface area contributed by atoms with Crippen LogP contribution in [0.2, 0.25) is 0 Å². The van der Waals surface area contributed by atoms with E-state index in [1.165, 1.54) is 70.8 Å². The Morgan fingerprint density at radius 2 is 2.11 bits per heavy atom. The third-order valence-electron chi connectivity index (χ3n) is 5.57. The van der Waals surface area contributed by atoms with Crippen molar-refractivity contribution in [2.75, 3.05) is 5.08 Å². The van der Waals surface area contributed by atoms with E-state index in [1.54, 1.807) is 13.1 Å². The number of aliphatic hydroxyl groups excluding tert-OH is 1. The molecule has 3 atom stereocenters. The van der Waals surface area contributed by atoms with Crippen molar-refractivity contribution in [3.8, 4) is 0 Å². The lowest BCUT2D eigenvalue weighted by molar-refractivity contribution is -0.384. The van der Waals surface area contributed by atoms with Crippen LogP contribution in [0.5, 0.6) is 0 Å². The Kier molecular flexibility index (Phi) is 6.87. The van der Waals surface area contributed by atoms with Crippen LogP contribution in [0, 0.1) is 16.0 Å². The Labute approximate surface area is 216 Å². The number of carbonyl (C=O) groups is 2. The van der Waals surface area contributed by atoms with Crippen molar-refractivity contribution in [3.63, 3.8) is 0 Å². The minimum Gasteiger partial charge on any atom is -0.456 e. The summed E-state index contributed by atoms with van der Waals surface area (Å²) in [7, 11) is 0. The first-order chi connectivity index (χ1) is 17.3. The molecule has 0 spiro atoms. The van der Waals surface area contributed by atoms with Crippen molar-refractivity contribution < 1.29 is 24.4 Å². The minimum absolute atomic E-state index is 0.0641. The first kappa shape index (κ1) is 24.5.